The van der Waals surface area contributed by atoms with E-state index < -0.39 is 0 Å². The SMILES string of the molecule is C1=CC2=CC=CC3CCCC(=C1)C23.C1CCCC1.C1CCCCC1.C1CCCCCC1.CC.CC.CC.CC.CC.CC.CC.CC.c1ccc2c(c1)CCCC2. The summed E-state index contributed by atoms with van der Waals surface area (Å²) in [4.78, 5) is 0. The highest BCUT2D eigenvalue weighted by atomic mass is 14.3. The van der Waals surface area contributed by atoms with E-state index in [-0.39, 0.29) is 0 Å². The maximum Gasteiger partial charge on any atom is 0.0114 e. The Morgan fingerprint density at radius 2 is 0.684 bits per heavy atom. The number of rotatable bonds is 0. The zero-order chi connectivity index (χ0) is 44.2. The van der Waals surface area contributed by atoms with Crippen molar-refractivity contribution in [1.82, 2.24) is 0 Å². The lowest BCUT2D eigenvalue weighted by Gasteiger charge is -2.36. The van der Waals surface area contributed by atoms with Crippen LogP contribution in [0.3, 0.4) is 0 Å². The molecule has 1 aromatic carbocycles. The Hall–Kier alpha value is -1.82. The van der Waals surface area contributed by atoms with Crippen molar-refractivity contribution < 1.29 is 0 Å². The predicted molar refractivity (Wildman–Crippen MR) is 272 cm³/mol. The van der Waals surface area contributed by atoms with Gasteiger partial charge in [0.15, 0.2) is 0 Å². The molecule has 0 radical (unpaired) electrons. The van der Waals surface area contributed by atoms with E-state index in [1.807, 2.05) is 111 Å². The summed E-state index contributed by atoms with van der Waals surface area (Å²) in [5, 5.41) is 0. The Balaban J connectivity index is -0.000000186. The molecule has 0 spiro atoms. The van der Waals surface area contributed by atoms with E-state index in [0.29, 0.717) is 0 Å². The molecule has 4 saturated carbocycles. The third-order valence-corrected chi connectivity index (χ3v) is 10.2. The first kappa shape index (κ1) is 64.3. The largest absolute Gasteiger partial charge is 0.0805 e. The number of benzene rings is 1. The normalized spacial score (nSPS) is 19.3. The molecular formula is C57H110. The van der Waals surface area contributed by atoms with Gasteiger partial charge in [-0.3, -0.25) is 0 Å². The van der Waals surface area contributed by atoms with Gasteiger partial charge in [-0.15, -0.1) is 0 Å². The second kappa shape index (κ2) is 58.5. The van der Waals surface area contributed by atoms with Crippen LogP contribution in [0.15, 0.2) is 71.9 Å². The second-order valence-corrected chi connectivity index (χ2v) is 13.5. The minimum Gasteiger partial charge on any atom is -0.0805 e. The number of aryl methyl sites for hydroxylation is 2. The van der Waals surface area contributed by atoms with Crippen LogP contribution >= 0.6 is 0 Å². The van der Waals surface area contributed by atoms with Crippen LogP contribution in [0.4, 0.5) is 0 Å². The monoisotopic (exact) mass is 795 g/mol. The van der Waals surface area contributed by atoms with Crippen molar-refractivity contribution >= 4 is 0 Å². The van der Waals surface area contributed by atoms with Crippen molar-refractivity contribution in [1.29, 1.82) is 0 Å². The Morgan fingerprint density at radius 3 is 1.02 bits per heavy atom. The quantitative estimate of drug-likeness (QED) is 0.230. The Labute approximate surface area is 364 Å². The highest BCUT2D eigenvalue weighted by Crippen LogP contribution is 2.43. The van der Waals surface area contributed by atoms with Gasteiger partial charge in [0, 0.05) is 5.92 Å². The summed E-state index contributed by atoms with van der Waals surface area (Å²) in [7, 11) is 0. The molecule has 338 valence electrons. The first-order valence-electron chi connectivity index (χ1n) is 26.2. The molecule has 0 bridgehead atoms. The summed E-state index contributed by atoms with van der Waals surface area (Å²) in [6.07, 6.45) is 50.1. The summed E-state index contributed by atoms with van der Waals surface area (Å²) in [5.74, 6) is 1.54. The van der Waals surface area contributed by atoms with Crippen LogP contribution in [0.25, 0.3) is 0 Å². The van der Waals surface area contributed by atoms with Gasteiger partial charge in [-0.25, -0.2) is 0 Å². The molecule has 57 heavy (non-hydrogen) atoms. The molecule has 0 aromatic heterocycles. The zero-order valence-electron chi connectivity index (χ0n) is 42.6. The van der Waals surface area contributed by atoms with Crippen LogP contribution in [0, 0.1) is 11.8 Å². The predicted octanol–water partition coefficient (Wildman–Crippen LogP) is 21.2. The van der Waals surface area contributed by atoms with Gasteiger partial charge in [0.25, 0.3) is 0 Å². The van der Waals surface area contributed by atoms with E-state index in [1.165, 1.54) is 166 Å². The third-order valence-electron chi connectivity index (χ3n) is 10.2. The molecule has 0 aliphatic heterocycles. The van der Waals surface area contributed by atoms with Crippen molar-refractivity contribution in [2.45, 2.75) is 271 Å². The lowest BCUT2D eigenvalue weighted by Crippen LogP contribution is -2.24. The Kier molecular flexibility index (Phi) is 66.0. The summed E-state index contributed by atoms with van der Waals surface area (Å²) >= 11 is 0. The fourth-order valence-electron chi connectivity index (χ4n) is 7.71. The fourth-order valence-corrected chi connectivity index (χ4v) is 7.71. The number of hydrogen-bond donors (Lipinski definition) is 0. The lowest BCUT2D eigenvalue weighted by molar-refractivity contribution is 0.402. The summed E-state index contributed by atoms with van der Waals surface area (Å²) in [5.41, 5.74) is 6.35. The summed E-state index contributed by atoms with van der Waals surface area (Å²) in [6.45, 7) is 32.0. The first-order valence-corrected chi connectivity index (χ1v) is 26.2. The van der Waals surface area contributed by atoms with Crippen molar-refractivity contribution in [3.05, 3.63) is 83.0 Å². The third kappa shape index (κ3) is 35.8. The van der Waals surface area contributed by atoms with Crippen molar-refractivity contribution in [3.63, 3.8) is 0 Å². The lowest BCUT2D eigenvalue weighted by atomic mass is 9.68. The molecule has 2 unspecified atom stereocenters. The highest BCUT2D eigenvalue weighted by Gasteiger charge is 2.31. The smallest absolute Gasteiger partial charge is 0.0114 e. The van der Waals surface area contributed by atoms with Crippen LogP contribution in [-0.4, -0.2) is 0 Å². The molecule has 0 saturated heterocycles. The molecule has 1 aromatic rings. The van der Waals surface area contributed by atoms with Gasteiger partial charge in [-0.2, -0.15) is 0 Å². The molecule has 8 rings (SSSR count). The van der Waals surface area contributed by atoms with Gasteiger partial charge in [-0.1, -0.05) is 293 Å². The van der Waals surface area contributed by atoms with E-state index >= 15 is 0 Å². The molecule has 0 amide bonds. The van der Waals surface area contributed by atoms with Crippen LogP contribution in [-0.2, 0) is 12.8 Å². The van der Waals surface area contributed by atoms with Gasteiger partial charge >= 0.3 is 0 Å². The van der Waals surface area contributed by atoms with Crippen molar-refractivity contribution in [2.75, 3.05) is 0 Å². The van der Waals surface area contributed by atoms with E-state index in [1.54, 1.807) is 16.7 Å². The van der Waals surface area contributed by atoms with Gasteiger partial charge in [-0.05, 0) is 67.6 Å². The van der Waals surface area contributed by atoms with Crippen LogP contribution < -0.4 is 0 Å². The highest BCUT2D eigenvalue weighted by molar-refractivity contribution is 5.44. The standard InChI is InChI=1S/C13H14.C10H12.C7H14.C6H12.C5H10.8C2H6/c1-4-10-6-2-8-12-9-3-7-11(5-1)13(10)12;1-2-6-10-8-4-3-7-9(10)5-1;1-2-4-6-7-5-3-1;1-2-4-6-5-3-1;1-2-4-5-3-1;8*1-2/h1-2,4-6,8,11,13H,3,7,9H2;1-2,5-6H,3-4,7-8H2;1-7H2;1-6H2;1-5H2;8*1-2H3. The first-order chi connectivity index (χ1) is 28.4. The molecule has 0 heterocycles. The van der Waals surface area contributed by atoms with Crippen molar-refractivity contribution in [2.24, 2.45) is 11.8 Å². The zero-order valence-corrected chi connectivity index (χ0v) is 42.6. The van der Waals surface area contributed by atoms with E-state index in [4.69, 9.17) is 0 Å². The molecular weight excluding hydrogens is 685 g/mol. The minimum absolute atomic E-state index is 0.740. The number of fused-ring (bicyclic) bond motifs is 1. The maximum atomic E-state index is 2.39. The average Bonchev–Trinajstić information content (AvgIpc) is 3.81. The van der Waals surface area contributed by atoms with Crippen LogP contribution in [0.1, 0.15) is 270 Å². The topological polar surface area (TPSA) is 0 Å². The van der Waals surface area contributed by atoms with Crippen LogP contribution in [0.2, 0.25) is 0 Å². The number of hydrogen-bond acceptors (Lipinski definition) is 0. The van der Waals surface area contributed by atoms with Crippen LogP contribution in [0.5, 0.6) is 0 Å². The average molecular weight is 796 g/mol. The molecule has 0 N–H and O–H groups in total. The van der Waals surface area contributed by atoms with Gasteiger partial charge in [0.1, 0.15) is 0 Å². The molecule has 0 heteroatoms. The molecule has 2 atom stereocenters. The van der Waals surface area contributed by atoms with E-state index in [9.17, 15) is 0 Å². The van der Waals surface area contributed by atoms with Crippen molar-refractivity contribution in [3.8, 4) is 0 Å². The van der Waals surface area contributed by atoms with E-state index in [2.05, 4.69) is 60.7 Å². The minimum atomic E-state index is 0.740. The fraction of sp³-hybridized carbons (Fsp3) is 0.754. The van der Waals surface area contributed by atoms with Gasteiger partial charge in [0.05, 0.1) is 0 Å². The van der Waals surface area contributed by atoms with Gasteiger partial charge in [0.2, 0.25) is 0 Å². The van der Waals surface area contributed by atoms with Gasteiger partial charge < -0.3 is 0 Å². The molecule has 0 nitrogen and oxygen atoms in total. The van der Waals surface area contributed by atoms with E-state index in [0.717, 1.165) is 11.8 Å². The maximum absolute atomic E-state index is 2.39. The summed E-state index contributed by atoms with van der Waals surface area (Å²) in [6, 6.07) is 8.80. The number of allylic oxidation sites excluding steroid dienone is 8. The molecule has 7 aliphatic rings. The Bertz CT molecular complexity index is 884. The Morgan fingerprint density at radius 1 is 0.351 bits per heavy atom. The molecule has 4 fully saturated rings. The summed E-state index contributed by atoms with van der Waals surface area (Å²) < 4.78 is 0. The molecule has 7 aliphatic carbocycles. The second-order valence-electron chi connectivity index (χ2n) is 13.5.